The molecule has 2 heterocycles. The van der Waals surface area contributed by atoms with Gasteiger partial charge in [0, 0.05) is 26.9 Å². The quantitative estimate of drug-likeness (QED) is 0.570. The third-order valence-electron chi connectivity index (χ3n) is 3.46. The van der Waals surface area contributed by atoms with Crippen LogP contribution < -0.4 is 0 Å². The number of halogens is 1. The maximum absolute atomic E-state index is 12.4. The molecule has 1 N–H and O–H groups in total. The van der Waals surface area contributed by atoms with E-state index in [2.05, 4.69) is 0 Å². The summed E-state index contributed by atoms with van der Waals surface area (Å²) in [5.74, 6) is -1.20. The number of aliphatic carboxylic acids is 1. The third kappa shape index (κ3) is 4.12. The van der Waals surface area contributed by atoms with Crippen molar-refractivity contribution in [3.05, 3.63) is 51.2 Å². The molecular formula is C17H12ClNO3S3. The maximum Gasteiger partial charge on any atom is 0.305 e. The molecule has 0 unspecified atom stereocenters. The first-order chi connectivity index (χ1) is 12.0. The van der Waals surface area contributed by atoms with E-state index >= 15 is 0 Å². The van der Waals surface area contributed by atoms with E-state index in [1.807, 2.05) is 36.4 Å². The van der Waals surface area contributed by atoms with Crippen LogP contribution in [0, 0.1) is 0 Å². The van der Waals surface area contributed by atoms with Gasteiger partial charge in [0.25, 0.3) is 5.91 Å². The van der Waals surface area contributed by atoms with E-state index in [0.29, 0.717) is 14.2 Å². The van der Waals surface area contributed by atoms with Crippen LogP contribution in [0.25, 0.3) is 16.5 Å². The molecule has 1 amide bonds. The molecule has 2 aromatic rings. The Morgan fingerprint density at radius 1 is 1.28 bits per heavy atom. The van der Waals surface area contributed by atoms with E-state index in [9.17, 15) is 9.59 Å². The second-order valence-electron chi connectivity index (χ2n) is 5.16. The molecule has 4 nitrogen and oxygen atoms in total. The largest absolute Gasteiger partial charge is 0.481 e. The summed E-state index contributed by atoms with van der Waals surface area (Å²) in [4.78, 5) is 26.9. The number of thiophene rings is 1. The van der Waals surface area contributed by atoms with Crippen molar-refractivity contribution in [2.24, 2.45) is 0 Å². The van der Waals surface area contributed by atoms with Crippen molar-refractivity contribution < 1.29 is 14.7 Å². The fraction of sp³-hybridized carbons (Fsp3) is 0.118. The van der Waals surface area contributed by atoms with Gasteiger partial charge in [0.2, 0.25) is 0 Å². The molecule has 0 aliphatic carbocycles. The van der Waals surface area contributed by atoms with Gasteiger partial charge in [-0.15, -0.1) is 11.3 Å². The maximum atomic E-state index is 12.4. The van der Waals surface area contributed by atoms with Crippen molar-refractivity contribution in [2.75, 3.05) is 6.54 Å². The van der Waals surface area contributed by atoms with Gasteiger partial charge in [-0.05, 0) is 24.3 Å². The molecule has 1 aliphatic heterocycles. The lowest BCUT2D eigenvalue weighted by Gasteiger charge is -2.12. The Bertz CT molecular complexity index is 891. The molecule has 128 valence electrons. The van der Waals surface area contributed by atoms with Crippen LogP contribution in [0.2, 0.25) is 5.02 Å². The number of thiocarbonyl (C=S) groups is 1. The van der Waals surface area contributed by atoms with Gasteiger partial charge in [0.05, 0.1) is 11.3 Å². The minimum atomic E-state index is -0.958. The van der Waals surface area contributed by atoms with Crippen LogP contribution in [-0.4, -0.2) is 32.7 Å². The number of nitrogens with zero attached hydrogens (tertiary/aromatic N) is 1. The van der Waals surface area contributed by atoms with Crippen molar-refractivity contribution in [1.82, 2.24) is 4.90 Å². The zero-order valence-corrected chi connectivity index (χ0v) is 16.0. The summed E-state index contributed by atoms with van der Waals surface area (Å²) in [5, 5.41) is 9.45. The number of hydrogen-bond donors (Lipinski definition) is 1. The molecule has 1 aromatic carbocycles. The Kier molecular flexibility index (Phi) is 5.58. The lowest BCUT2D eigenvalue weighted by molar-refractivity contribution is -0.137. The molecular weight excluding hydrogens is 398 g/mol. The van der Waals surface area contributed by atoms with Gasteiger partial charge in [-0.1, -0.05) is 53.8 Å². The summed E-state index contributed by atoms with van der Waals surface area (Å²) in [5.41, 5.74) is 0.947. The van der Waals surface area contributed by atoms with Crippen LogP contribution in [0.4, 0.5) is 0 Å². The number of carboxylic acids is 1. The third-order valence-corrected chi connectivity index (χ3v) is 6.24. The standard InChI is InChI=1S/C17H12ClNO3S3/c18-12-4-2-1-3-11(12)13-6-5-10(24-13)9-14-16(22)19(17(23)25-14)8-7-15(20)21/h1-6,9H,7-8H2,(H,20,21). The summed E-state index contributed by atoms with van der Waals surface area (Å²) < 4.78 is 0.389. The fourth-order valence-electron chi connectivity index (χ4n) is 2.27. The molecule has 1 aromatic heterocycles. The van der Waals surface area contributed by atoms with E-state index in [-0.39, 0.29) is 18.9 Å². The van der Waals surface area contributed by atoms with Crippen LogP contribution in [0.15, 0.2) is 41.3 Å². The van der Waals surface area contributed by atoms with E-state index < -0.39 is 5.97 Å². The van der Waals surface area contributed by atoms with Crippen molar-refractivity contribution in [3.63, 3.8) is 0 Å². The minimum absolute atomic E-state index is 0.0899. The van der Waals surface area contributed by atoms with Crippen molar-refractivity contribution >= 4 is 69.2 Å². The summed E-state index contributed by atoms with van der Waals surface area (Å²) in [6.07, 6.45) is 1.65. The van der Waals surface area contributed by atoms with Crippen LogP contribution in [0.3, 0.4) is 0 Å². The second kappa shape index (κ2) is 7.70. The Morgan fingerprint density at radius 2 is 2.04 bits per heavy atom. The molecule has 8 heteroatoms. The predicted molar refractivity (Wildman–Crippen MR) is 107 cm³/mol. The van der Waals surface area contributed by atoms with Gasteiger partial charge in [-0.25, -0.2) is 0 Å². The lowest BCUT2D eigenvalue weighted by Crippen LogP contribution is -2.30. The number of carboxylic acid groups (broad SMARTS) is 1. The molecule has 25 heavy (non-hydrogen) atoms. The van der Waals surface area contributed by atoms with Crippen molar-refractivity contribution in [3.8, 4) is 10.4 Å². The van der Waals surface area contributed by atoms with Gasteiger partial charge in [-0.3, -0.25) is 14.5 Å². The first kappa shape index (κ1) is 18.1. The summed E-state index contributed by atoms with van der Waals surface area (Å²) >= 11 is 14.1. The highest BCUT2D eigenvalue weighted by atomic mass is 35.5. The number of amides is 1. The molecule has 0 atom stereocenters. The van der Waals surface area contributed by atoms with Gasteiger partial charge >= 0.3 is 5.97 Å². The highest BCUT2D eigenvalue weighted by molar-refractivity contribution is 8.26. The Hall–Kier alpha value is -1.67. The summed E-state index contributed by atoms with van der Waals surface area (Å²) in [7, 11) is 0. The average molecular weight is 410 g/mol. The van der Waals surface area contributed by atoms with E-state index in [0.717, 1.165) is 15.3 Å². The Morgan fingerprint density at radius 3 is 2.76 bits per heavy atom. The monoisotopic (exact) mass is 409 g/mol. The highest BCUT2D eigenvalue weighted by Gasteiger charge is 2.32. The molecule has 0 saturated carbocycles. The number of rotatable bonds is 5. The Labute approximate surface area is 163 Å². The highest BCUT2D eigenvalue weighted by Crippen LogP contribution is 2.37. The van der Waals surface area contributed by atoms with E-state index in [1.165, 1.54) is 28.0 Å². The van der Waals surface area contributed by atoms with E-state index in [1.54, 1.807) is 6.08 Å². The normalized spacial score (nSPS) is 16.0. The summed E-state index contributed by atoms with van der Waals surface area (Å²) in [6.45, 7) is 0.0899. The first-order valence-corrected chi connectivity index (χ1v) is 9.69. The molecule has 1 fully saturated rings. The number of benzene rings is 1. The number of carbonyl (C=O) groups excluding carboxylic acids is 1. The topological polar surface area (TPSA) is 57.6 Å². The zero-order chi connectivity index (χ0) is 18.0. The number of hydrogen-bond acceptors (Lipinski definition) is 5. The van der Waals surface area contributed by atoms with Crippen molar-refractivity contribution in [2.45, 2.75) is 6.42 Å². The molecule has 0 radical (unpaired) electrons. The molecule has 0 spiro atoms. The number of carbonyl (C=O) groups is 2. The van der Waals surface area contributed by atoms with Crippen LogP contribution in [-0.2, 0) is 9.59 Å². The first-order valence-electron chi connectivity index (χ1n) is 7.27. The molecule has 0 bridgehead atoms. The number of thioether (sulfide) groups is 1. The van der Waals surface area contributed by atoms with Crippen LogP contribution in [0.1, 0.15) is 11.3 Å². The minimum Gasteiger partial charge on any atom is -0.481 e. The van der Waals surface area contributed by atoms with E-state index in [4.69, 9.17) is 28.9 Å². The molecule has 3 rings (SSSR count). The average Bonchev–Trinajstić information content (AvgIpc) is 3.12. The van der Waals surface area contributed by atoms with Crippen LogP contribution >= 0.6 is 46.9 Å². The fourth-order valence-corrected chi connectivity index (χ4v) is 4.92. The van der Waals surface area contributed by atoms with Gasteiger partial charge < -0.3 is 5.11 Å². The lowest BCUT2D eigenvalue weighted by atomic mass is 10.2. The molecule has 1 aliphatic rings. The zero-order valence-electron chi connectivity index (χ0n) is 12.8. The second-order valence-corrected chi connectivity index (χ2v) is 8.36. The van der Waals surface area contributed by atoms with Gasteiger partial charge in [0.15, 0.2) is 0 Å². The predicted octanol–water partition coefficient (Wildman–Crippen LogP) is 4.74. The van der Waals surface area contributed by atoms with Gasteiger partial charge in [-0.2, -0.15) is 0 Å². The van der Waals surface area contributed by atoms with Crippen LogP contribution in [0.5, 0.6) is 0 Å². The molecule has 1 saturated heterocycles. The van der Waals surface area contributed by atoms with Gasteiger partial charge in [0.1, 0.15) is 4.32 Å². The SMILES string of the molecule is O=C(O)CCN1C(=O)C(=Cc2ccc(-c3ccccc3Cl)s2)SC1=S. The van der Waals surface area contributed by atoms with Crippen molar-refractivity contribution in [1.29, 1.82) is 0 Å². The smallest absolute Gasteiger partial charge is 0.305 e. The summed E-state index contributed by atoms with van der Waals surface area (Å²) in [6, 6.07) is 11.5. The Balaban J connectivity index is 1.80.